The lowest BCUT2D eigenvalue weighted by Crippen LogP contribution is -2.31. The number of nitrogens with zero attached hydrogens (tertiary/aromatic N) is 3. The number of benzene rings is 2. The Morgan fingerprint density at radius 2 is 2.00 bits per heavy atom. The van der Waals surface area contributed by atoms with Crippen LogP contribution in [0.4, 0.5) is 0 Å². The number of hydrogen-bond donors (Lipinski definition) is 0. The molecule has 1 aliphatic rings. The van der Waals surface area contributed by atoms with Crippen LogP contribution in [0, 0.1) is 0 Å². The molecule has 1 atom stereocenters. The predicted octanol–water partition coefficient (Wildman–Crippen LogP) is 5.00. The standard InChI is InChI=1S/C24H26ClN3O4/c1-2-13-28(15-22-26-27-23(32-22)20-7-3-4-8-21(20)25)24(29)17-9-11-18(12-10-17)31-16-19-6-5-14-30-19/h3-4,7-12,19H,2,5-6,13-16H2,1H3. The van der Waals surface area contributed by atoms with E-state index in [0.29, 0.717) is 41.1 Å². The fourth-order valence-electron chi connectivity index (χ4n) is 3.59. The third kappa shape index (κ3) is 5.47. The molecule has 2 heterocycles. The average molecular weight is 456 g/mol. The minimum atomic E-state index is -0.102. The summed E-state index contributed by atoms with van der Waals surface area (Å²) < 4.78 is 17.1. The van der Waals surface area contributed by atoms with E-state index in [4.69, 9.17) is 25.5 Å². The molecule has 0 radical (unpaired) electrons. The number of amides is 1. The van der Waals surface area contributed by atoms with Gasteiger partial charge in [0.15, 0.2) is 0 Å². The molecule has 1 aliphatic heterocycles. The van der Waals surface area contributed by atoms with Crippen molar-refractivity contribution in [1.82, 2.24) is 15.1 Å². The smallest absolute Gasteiger partial charge is 0.254 e. The van der Waals surface area contributed by atoms with Gasteiger partial charge in [-0.2, -0.15) is 0 Å². The highest BCUT2D eigenvalue weighted by Crippen LogP contribution is 2.26. The van der Waals surface area contributed by atoms with Gasteiger partial charge in [-0.3, -0.25) is 4.79 Å². The molecule has 1 amide bonds. The van der Waals surface area contributed by atoms with Crippen LogP contribution in [0.5, 0.6) is 5.75 Å². The largest absolute Gasteiger partial charge is 0.491 e. The Kier molecular flexibility index (Phi) is 7.39. The van der Waals surface area contributed by atoms with Gasteiger partial charge in [-0.15, -0.1) is 10.2 Å². The van der Waals surface area contributed by atoms with Crippen molar-refractivity contribution < 1.29 is 18.7 Å². The van der Waals surface area contributed by atoms with Gasteiger partial charge in [0.2, 0.25) is 11.8 Å². The summed E-state index contributed by atoms with van der Waals surface area (Å²) in [4.78, 5) is 14.8. The summed E-state index contributed by atoms with van der Waals surface area (Å²) in [5.41, 5.74) is 1.24. The number of hydrogen-bond acceptors (Lipinski definition) is 6. The van der Waals surface area contributed by atoms with E-state index in [9.17, 15) is 4.79 Å². The van der Waals surface area contributed by atoms with Crippen LogP contribution in [0.25, 0.3) is 11.5 Å². The third-order valence-corrected chi connectivity index (χ3v) is 5.57. The normalized spacial score (nSPS) is 15.6. The Bertz CT molecular complexity index is 1030. The quantitative estimate of drug-likeness (QED) is 0.451. The number of halogens is 1. The van der Waals surface area contributed by atoms with E-state index in [-0.39, 0.29) is 18.6 Å². The highest BCUT2D eigenvalue weighted by Gasteiger charge is 2.20. The second-order valence-corrected chi connectivity index (χ2v) is 8.09. The molecule has 7 nitrogen and oxygen atoms in total. The van der Waals surface area contributed by atoms with Crippen LogP contribution in [-0.4, -0.2) is 46.9 Å². The van der Waals surface area contributed by atoms with Crippen LogP contribution < -0.4 is 4.74 Å². The zero-order valence-corrected chi connectivity index (χ0v) is 18.8. The van der Waals surface area contributed by atoms with E-state index in [1.165, 1.54) is 0 Å². The fraction of sp³-hybridized carbons (Fsp3) is 0.375. The summed E-state index contributed by atoms with van der Waals surface area (Å²) in [6, 6.07) is 14.5. The Labute approximate surface area is 192 Å². The van der Waals surface area contributed by atoms with Crippen molar-refractivity contribution in [3.8, 4) is 17.2 Å². The molecular weight excluding hydrogens is 430 g/mol. The zero-order chi connectivity index (χ0) is 22.3. The lowest BCUT2D eigenvalue weighted by Gasteiger charge is -2.20. The molecular formula is C24H26ClN3O4. The Hall–Kier alpha value is -2.90. The summed E-state index contributed by atoms with van der Waals surface area (Å²) in [6.45, 7) is 4.14. The van der Waals surface area contributed by atoms with Crippen LogP contribution >= 0.6 is 11.6 Å². The summed E-state index contributed by atoms with van der Waals surface area (Å²) in [5.74, 6) is 1.32. The molecule has 4 rings (SSSR count). The minimum absolute atomic E-state index is 0.102. The lowest BCUT2D eigenvalue weighted by molar-refractivity contribution is 0.0678. The molecule has 1 fully saturated rings. The first kappa shape index (κ1) is 22.3. The van der Waals surface area contributed by atoms with Crippen LogP contribution in [0.2, 0.25) is 5.02 Å². The first-order valence-corrected chi connectivity index (χ1v) is 11.2. The van der Waals surface area contributed by atoms with Crippen molar-refractivity contribution in [2.45, 2.75) is 38.8 Å². The molecule has 0 spiro atoms. The van der Waals surface area contributed by atoms with Gasteiger partial charge in [0.1, 0.15) is 12.4 Å². The summed E-state index contributed by atoms with van der Waals surface area (Å²) in [5, 5.41) is 8.73. The molecule has 8 heteroatoms. The van der Waals surface area contributed by atoms with Gasteiger partial charge in [-0.25, -0.2) is 0 Å². The van der Waals surface area contributed by atoms with E-state index >= 15 is 0 Å². The SMILES string of the molecule is CCCN(Cc1nnc(-c2ccccc2Cl)o1)C(=O)c1ccc(OCC2CCCO2)cc1. The van der Waals surface area contributed by atoms with Crippen molar-refractivity contribution >= 4 is 17.5 Å². The number of aromatic nitrogens is 2. The number of carbonyl (C=O) groups excluding carboxylic acids is 1. The maximum absolute atomic E-state index is 13.1. The molecule has 1 aromatic heterocycles. The Morgan fingerprint density at radius 1 is 1.19 bits per heavy atom. The van der Waals surface area contributed by atoms with Crippen molar-refractivity contribution in [2.75, 3.05) is 19.8 Å². The highest BCUT2D eigenvalue weighted by atomic mass is 35.5. The summed E-state index contributed by atoms with van der Waals surface area (Å²) in [6.07, 6.45) is 3.06. The number of ether oxygens (including phenoxy) is 2. The third-order valence-electron chi connectivity index (χ3n) is 5.24. The van der Waals surface area contributed by atoms with Crippen molar-refractivity contribution in [2.24, 2.45) is 0 Å². The van der Waals surface area contributed by atoms with E-state index in [1.807, 2.05) is 37.3 Å². The number of rotatable bonds is 9. The van der Waals surface area contributed by atoms with E-state index in [1.54, 1.807) is 23.1 Å². The van der Waals surface area contributed by atoms with Crippen molar-refractivity contribution in [3.63, 3.8) is 0 Å². The van der Waals surface area contributed by atoms with Crippen LogP contribution in [0.3, 0.4) is 0 Å². The molecule has 0 bridgehead atoms. The Morgan fingerprint density at radius 3 is 2.72 bits per heavy atom. The summed E-state index contributed by atoms with van der Waals surface area (Å²) in [7, 11) is 0. The molecule has 3 aromatic rings. The molecule has 168 valence electrons. The van der Waals surface area contributed by atoms with Gasteiger partial charge in [0.05, 0.1) is 23.2 Å². The fourth-order valence-corrected chi connectivity index (χ4v) is 3.80. The van der Waals surface area contributed by atoms with Crippen LogP contribution in [0.15, 0.2) is 52.9 Å². The monoisotopic (exact) mass is 455 g/mol. The molecule has 32 heavy (non-hydrogen) atoms. The van der Waals surface area contributed by atoms with Crippen molar-refractivity contribution in [1.29, 1.82) is 0 Å². The minimum Gasteiger partial charge on any atom is -0.491 e. The van der Waals surface area contributed by atoms with Gasteiger partial charge in [-0.05, 0) is 55.7 Å². The van der Waals surface area contributed by atoms with E-state index in [0.717, 1.165) is 31.6 Å². The molecule has 0 N–H and O–H groups in total. The van der Waals surface area contributed by atoms with Gasteiger partial charge < -0.3 is 18.8 Å². The second kappa shape index (κ2) is 10.6. The van der Waals surface area contributed by atoms with Gasteiger partial charge in [0.25, 0.3) is 5.91 Å². The molecule has 1 saturated heterocycles. The lowest BCUT2D eigenvalue weighted by atomic mass is 10.2. The van der Waals surface area contributed by atoms with Crippen molar-refractivity contribution in [3.05, 3.63) is 65.0 Å². The molecule has 1 unspecified atom stereocenters. The topological polar surface area (TPSA) is 77.7 Å². The van der Waals surface area contributed by atoms with Gasteiger partial charge in [-0.1, -0.05) is 30.7 Å². The Balaban J connectivity index is 1.41. The maximum Gasteiger partial charge on any atom is 0.254 e. The summed E-state index contributed by atoms with van der Waals surface area (Å²) >= 11 is 6.22. The highest BCUT2D eigenvalue weighted by molar-refractivity contribution is 6.33. The van der Waals surface area contributed by atoms with Gasteiger partial charge in [0, 0.05) is 18.7 Å². The molecule has 0 aliphatic carbocycles. The predicted molar refractivity (Wildman–Crippen MR) is 121 cm³/mol. The first-order valence-electron chi connectivity index (χ1n) is 10.8. The second-order valence-electron chi connectivity index (χ2n) is 7.68. The van der Waals surface area contributed by atoms with Crippen LogP contribution in [0.1, 0.15) is 42.4 Å². The molecule has 2 aromatic carbocycles. The van der Waals surface area contributed by atoms with E-state index < -0.39 is 0 Å². The van der Waals surface area contributed by atoms with E-state index in [2.05, 4.69) is 10.2 Å². The average Bonchev–Trinajstić information content (AvgIpc) is 3.50. The zero-order valence-electron chi connectivity index (χ0n) is 18.0. The van der Waals surface area contributed by atoms with Crippen LogP contribution in [-0.2, 0) is 11.3 Å². The first-order chi connectivity index (χ1) is 15.6. The number of carbonyl (C=O) groups is 1. The molecule has 0 saturated carbocycles. The maximum atomic E-state index is 13.1. The van der Waals surface area contributed by atoms with Gasteiger partial charge >= 0.3 is 0 Å².